The second-order valence-corrected chi connectivity index (χ2v) is 4.93. The van der Waals surface area contributed by atoms with E-state index in [1.807, 2.05) is 13.8 Å². The van der Waals surface area contributed by atoms with Gasteiger partial charge in [-0.05, 0) is 37.5 Å². The first-order chi connectivity index (χ1) is 8.58. The molecule has 1 aromatic carbocycles. The van der Waals surface area contributed by atoms with Gasteiger partial charge in [0.15, 0.2) is 0 Å². The predicted octanol–water partition coefficient (Wildman–Crippen LogP) is 4.03. The fraction of sp³-hybridized carbons (Fsp3) is 0.400. The summed E-state index contributed by atoms with van der Waals surface area (Å²) in [7, 11) is 0. The highest BCUT2D eigenvalue weighted by atomic mass is 16.5. The topological polar surface area (TPSA) is 38.1 Å². The van der Waals surface area contributed by atoms with Crippen molar-refractivity contribution in [2.45, 2.75) is 40.2 Å². The van der Waals surface area contributed by atoms with Crippen LogP contribution in [0.15, 0.2) is 28.8 Å². The SMILES string of the molecule is Cc1noc(C)c1CNc1ccc(C(C)C)cc1. The molecule has 0 spiro atoms. The highest BCUT2D eigenvalue weighted by Crippen LogP contribution is 2.19. The maximum Gasteiger partial charge on any atom is 0.138 e. The number of benzene rings is 1. The number of nitrogens with zero attached hydrogens (tertiary/aromatic N) is 1. The first kappa shape index (κ1) is 12.7. The highest BCUT2D eigenvalue weighted by molar-refractivity contribution is 5.46. The molecule has 0 atom stereocenters. The highest BCUT2D eigenvalue weighted by Gasteiger charge is 2.08. The van der Waals surface area contributed by atoms with Gasteiger partial charge >= 0.3 is 0 Å². The minimum Gasteiger partial charge on any atom is -0.381 e. The lowest BCUT2D eigenvalue weighted by Crippen LogP contribution is -2.01. The second-order valence-electron chi connectivity index (χ2n) is 4.93. The van der Waals surface area contributed by atoms with E-state index in [0.29, 0.717) is 5.92 Å². The van der Waals surface area contributed by atoms with Crippen LogP contribution in [0.4, 0.5) is 5.69 Å². The molecule has 0 bridgehead atoms. The average molecular weight is 244 g/mol. The Morgan fingerprint density at radius 3 is 2.33 bits per heavy atom. The monoisotopic (exact) mass is 244 g/mol. The normalized spacial score (nSPS) is 10.9. The Balaban J connectivity index is 2.02. The Bertz CT molecular complexity index is 492. The molecule has 0 aliphatic carbocycles. The lowest BCUT2D eigenvalue weighted by molar-refractivity contribution is 0.392. The number of hydrogen-bond donors (Lipinski definition) is 1. The molecule has 0 aliphatic heterocycles. The van der Waals surface area contributed by atoms with E-state index >= 15 is 0 Å². The van der Waals surface area contributed by atoms with Gasteiger partial charge in [-0.25, -0.2) is 0 Å². The summed E-state index contributed by atoms with van der Waals surface area (Å²) in [5.41, 5.74) is 4.58. The van der Waals surface area contributed by atoms with Crippen molar-refractivity contribution in [3.8, 4) is 0 Å². The van der Waals surface area contributed by atoms with Gasteiger partial charge in [0.05, 0.1) is 5.69 Å². The van der Waals surface area contributed by atoms with E-state index in [-0.39, 0.29) is 0 Å². The molecule has 3 nitrogen and oxygen atoms in total. The van der Waals surface area contributed by atoms with Gasteiger partial charge in [-0.2, -0.15) is 0 Å². The Morgan fingerprint density at radius 2 is 1.83 bits per heavy atom. The van der Waals surface area contributed by atoms with Crippen LogP contribution in [0, 0.1) is 13.8 Å². The van der Waals surface area contributed by atoms with Crippen molar-refractivity contribution in [1.82, 2.24) is 5.16 Å². The molecule has 2 aromatic rings. The van der Waals surface area contributed by atoms with Crippen LogP contribution in [-0.4, -0.2) is 5.16 Å². The summed E-state index contributed by atoms with van der Waals surface area (Å²) in [6.07, 6.45) is 0. The molecule has 1 N–H and O–H groups in total. The summed E-state index contributed by atoms with van der Waals surface area (Å²) < 4.78 is 5.14. The summed E-state index contributed by atoms with van der Waals surface area (Å²) in [5.74, 6) is 1.46. The van der Waals surface area contributed by atoms with Crippen LogP contribution in [0.1, 0.15) is 42.3 Å². The van der Waals surface area contributed by atoms with Crippen LogP contribution < -0.4 is 5.32 Å². The van der Waals surface area contributed by atoms with Gasteiger partial charge in [0.25, 0.3) is 0 Å². The molecule has 0 aliphatic rings. The average Bonchev–Trinajstić information content (AvgIpc) is 2.67. The summed E-state index contributed by atoms with van der Waals surface area (Å²) in [5, 5.41) is 7.35. The van der Waals surface area contributed by atoms with Gasteiger partial charge in [0.1, 0.15) is 5.76 Å². The molecule has 2 rings (SSSR count). The van der Waals surface area contributed by atoms with Gasteiger partial charge in [-0.1, -0.05) is 31.1 Å². The molecule has 0 saturated carbocycles. The van der Waals surface area contributed by atoms with Crippen LogP contribution in [0.2, 0.25) is 0 Å². The van der Waals surface area contributed by atoms with Crippen molar-refractivity contribution < 1.29 is 4.52 Å². The van der Waals surface area contributed by atoms with Crippen molar-refractivity contribution in [2.24, 2.45) is 0 Å². The summed E-state index contributed by atoms with van der Waals surface area (Å²) in [4.78, 5) is 0. The molecule has 1 aromatic heterocycles. The first-order valence-corrected chi connectivity index (χ1v) is 6.33. The van der Waals surface area contributed by atoms with Crippen molar-refractivity contribution in [3.63, 3.8) is 0 Å². The van der Waals surface area contributed by atoms with Crippen molar-refractivity contribution >= 4 is 5.69 Å². The largest absolute Gasteiger partial charge is 0.381 e. The Morgan fingerprint density at radius 1 is 1.17 bits per heavy atom. The van der Waals surface area contributed by atoms with E-state index < -0.39 is 0 Å². The van der Waals surface area contributed by atoms with Crippen LogP contribution in [-0.2, 0) is 6.54 Å². The zero-order valence-electron chi connectivity index (χ0n) is 11.4. The fourth-order valence-electron chi connectivity index (χ4n) is 1.93. The molecule has 0 fully saturated rings. The number of hydrogen-bond acceptors (Lipinski definition) is 3. The van der Waals surface area contributed by atoms with Gasteiger partial charge < -0.3 is 9.84 Å². The molecule has 96 valence electrons. The zero-order chi connectivity index (χ0) is 13.1. The maximum atomic E-state index is 5.14. The van der Waals surface area contributed by atoms with Crippen molar-refractivity contribution in [3.05, 3.63) is 46.8 Å². The van der Waals surface area contributed by atoms with Crippen LogP contribution >= 0.6 is 0 Å². The molecule has 0 amide bonds. The van der Waals surface area contributed by atoms with Gasteiger partial charge in [-0.3, -0.25) is 0 Å². The molecule has 1 heterocycles. The number of rotatable bonds is 4. The Kier molecular flexibility index (Phi) is 3.70. The van der Waals surface area contributed by atoms with E-state index in [1.54, 1.807) is 0 Å². The maximum absolute atomic E-state index is 5.14. The number of anilines is 1. The number of aryl methyl sites for hydroxylation is 2. The molecular weight excluding hydrogens is 224 g/mol. The van der Waals surface area contributed by atoms with Gasteiger partial charge in [0.2, 0.25) is 0 Å². The van der Waals surface area contributed by atoms with Gasteiger partial charge in [0, 0.05) is 17.8 Å². The summed E-state index contributed by atoms with van der Waals surface area (Å²) >= 11 is 0. The smallest absolute Gasteiger partial charge is 0.138 e. The van der Waals surface area contributed by atoms with E-state index in [0.717, 1.165) is 29.2 Å². The third-order valence-corrected chi connectivity index (χ3v) is 3.23. The molecule has 0 unspecified atom stereocenters. The van der Waals surface area contributed by atoms with E-state index in [4.69, 9.17) is 4.52 Å². The third-order valence-electron chi connectivity index (χ3n) is 3.23. The van der Waals surface area contributed by atoms with E-state index in [1.165, 1.54) is 5.56 Å². The lowest BCUT2D eigenvalue weighted by atomic mass is 10.0. The minimum atomic E-state index is 0.571. The molecule has 3 heteroatoms. The van der Waals surface area contributed by atoms with Crippen LogP contribution in [0.3, 0.4) is 0 Å². The van der Waals surface area contributed by atoms with Crippen molar-refractivity contribution in [1.29, 1.82) is 0 Å². The summed E-state index contributed by atoms with van der Waals surface area (Å²) in [6.45, 7) is 9.06. The Labute approximate surface area is 108 Å². The first-order valence-electron chi connectivity index (χ1n) is 6.33. The molecular formula is C15H20N2O. The predicted molar refractivity (Wildman–Crippen MR) is 73.8 cm³/mol. The van der Waals surface area contributed by atoms with Gasteiger partial charge in [-0.15, -0.1) is 0 Å². The minimum absolute atomic E-state index is 0.571. The van der Waals surface area contributed by atoms with E-state index in [9.17, 15) is 0 Å². The van der Waals surface area contributed by atoms with Crippen LogP contribution in [0.25, 0.3) is 0 Å². The third kappa shape index (κ3) is 2.73. The fourth-order valence-corrected chi connectivity index (χ4v) is 1.93. The van der Waals surface area contributed by atoms with Crippen LogP contribution in [0.5, 0.6) is 0 Å². The standard InChI is InChI=1S/C15H20N2O/c1-10(2)13-5-7-14(8-6-13)16-9-15-11(3)17-18-12(15)4/h5-8,10,16H,9H2,1-4H3. The van der Waals surface area contributed by atoms with Crippen molar-refractivity contribution in [2.75, 3.05) is 5.32 Å². The molecule has 18 heavy (non-hydrogen) atoms. The second kappa shape index (κ2) is 5.25. The number of aromatic nitrogens is 1. The van der Waals surface area contributed by atoms with E-state index in [2.05, 4.69) is 48.6 Å². The number of nitrogens with one attached hydrogen (secondary N) is 1. The Hall–Kier alpha value is -1.77. The zero-order valence-corrected chi connectivity index (χ0v) is 11.4. The quantitative estimate of drug-likeness (QED) is 0.882. The lowest BCUT2D eigenvalue weighted by Gasteiger charge is -2.09. The molecule has 0 saturated heterocycles. The summed E-state index contributed by atoms with van der Waals surface area (Å²) in [6, 6.07) is 8.57. The molecule has 0 radical (unpaired) electrons.